The Morgan fingerprint density at radius 2 is 2.32 bits per heavy atom. The number of carbonyl (C=O) groups is 1. The highest BCUT2D eigenvalue weighted by Gasteiger charge is 2.54. The topological polar surface area (TPSA) is 75.8 Å². The molecule has 116 valence electrons. The van der Waals surface area contributed by atoms with Crippen LogP contribution in [-0.4, -0.2) is 47.3 Å². The summed E-state index contributed by atoms with van der Waals surface area (Å²) in [7, 11) is 0. The molecule has 0 unspecified atom stereocenters. The van der Waals surface area contributed by atoms with E-state index in [2.05, 4.69) is 9.88 Å². The van der Waals surface area contributed by atoms with Crippen LogP contribution in [0.5, 0.6) is 0 Å². The molecule has 2 saturated heterocycles. The van der Waals surface area contributed by atoms with E-state index < -0.39 is 11.4 Å². The number of aliphatic carboxylic acids is 1. The van der Waals surface area contributed by atoms with Crippen LogP contribution in [0.25, 0.3) is 11.1 Å². The molecule has 4 rings (SSSR count). The largest absolute Gasteiger partial charge is 0.481 e. The van der Waals surface area contributed by atoms with Gasteiger partial charge in [-0.3, -0.25) is 9.69 Å². The van der Waals surface area contributed by atoms with Crippen LogP contribution in [0.15, 0.2) is 28.7 Å². The molecule has 2 aliphatic heterocycles. The number of aromatic nitrogens is 1. The average molecular weight is 302 g/mol. The summed E-state index contributed by atoms with van der Waals surface area (Å²) < 4.78 is 11.2. The Hall–Kier alpha value is -1.92. The van der Waals surface area contributed by atoms with Crippen molar-refractivity contribution in [2.45, 2.75) is 13.0 Å². The van der Waals surface area contributed by atoms with E-state index in [1.807, 2.05) is 24.3 Å². The lowest BCUT2D eigenvalue weighted by Gasteiger charge is -2.34. The second kappa shape index (κ2) is 5.07. The Labute approximate surface area is 127 Å². The number of benzene rings is 1. The summed E-state index contributed by atoms with van der Waals surface area (Å²) in [4.78, 5) is 18.3. The summed E-state index contributed by atoms with van der Waals surface area (Å²) in [5, 5.41) is 9.65. The monoisotopic (exact) mass is 302 g/mol. The number of nitrogens with zero attached hydrogens (tertiary/aromatic N) is 2. The van der Waals surface area contributed by atoms with Crippen molar-refractivity contribution in [3.8, 4) is 0 Å². The average Bonchev–Trinajstić information content (AvgIpc) is 3.07. The van der Waals surface area contributed by atoms with Crippen molar-refractivity contribution in [1.82, 2.24) is 9.88 Å². The number of ether oxygens (including phenoxy) is 1. The minimum Gasteiger partial charge on any atom is -0.481 e. The molecule has 2 fully saturated rings. The van der Waals surface area contributed by atoms with Crippen LogP contribution in [0.1, 0.15) is 12.3 Å². The molecule has 0 amide bonds. The van der Waals surface area contributed by atoms with Crippen molar-refractivity contribution in [2.24, 2.45) is 11.3 Å². The van der Waals surface area contributed by atoms with E-state index in [9.17, 15) is 9.90 Å². The molecule has 2 aliphatic rings. The third-order valence-electron chi connectivity index (χ3n) is 4.86. The molecular formula is C16H18N2O4. The summed E-state index contributed by atoms with van der Waals surface area (Å²) in [6.45, 7) is 2.74. The summed E-state index contributed by atoms with van der Waals surface area (Å²) in [6, 6.07) is 7.65. The lowest BCUT2D eigenvalue weighted by molar-refractivity contribution is -0.159. The van der Waals surface area contributed by atoms with Gasteiger partial charge in [0.15, 0.2) is 5.58 Å². The molecular weight excluding hydrogens is 284 g/mol. The summed E-state index contributed by atoms with van der Waals surface area (Å²) >= 11 is 0. The minimum absolute atomic E-state index is 0.142. The third kappa shape index (κ3) is 2.10. The lowest BCUT2D eigenvalue weighted by atomic mass is 9.76. The zero-order chi connectivity index (χ0) is 15.2. The number of hydrogen-bond acceptors (Lipinski definition) is 5. The molecule has 0 aliphatic carbocycles. The Kier molecular flexibility index (Phi) is 3.16. The van der Waals surface area contributed by atoms with Gasteiger partial charge in [0.1, 0.15) is 10.9 Å². The van der Waals surface area contributed by atoms with Gasteiger partial charge in [-0.2, -0.15) is 0 Å². The molecule has 1 aromatic heterocycles. The maximum atomic E-state index is 11.8. The number of likely N-dealkylation sites (tertiary alicyclic amines) is 1. The van der Waals surface area contributed by atoms with Gasteiger partial charge in [-0.1, -0.05) is 12.1 Å². The SMILES string of the molecule is O=C(O)[C@@]12COCC[C@@H]1CN(Cc1nc3ccccc3o1)C2. The highest BCUT2D eigenvalue weighted by atomic mass is 16.5. The van der Waals surface area contributed by atoms with Crippen LogP contribution < -0.4 is 0 Å². The molecule has 2 atom stereocenters. The summed E-state index contributed by atoms with van der Waals surface area (Å²) in [6.07, 6.45) is 0.802. The number of oxazole rings is 1. The first-order chi connectivity index (χ1) is 10.7. The molecule has 3 heterocycles. The van der Waals surface area contributed by atoms with Crippen molar-refractivity contribution in [3.63, 3.8) is 0 Å². The van der Waals surface area contributed by atoms with E-state index in [-0.39, 0.29) is 5.92 Å². The van der Waals surface area contributed by atoms with Gasteiger partial charge in [0.05, 0.1) is 13.2 Å². The van der Waals surface area contributed by atoms with E-state index in [0.717, 1.165) is 24.1 Å². The normalized spacial score (nSPS) is 28.8. The number of hydrogen-bond donors (Lipinski definition) is 1. The first-order valence-electron chi connectivity index (χ1n) is 7.55. The van der Waals surface area contributed by atoms with Crippen molar-refractivity contribution >= 4 is 17.1 Å². The fraction of sp³-hybridized carbons (Fsp3) is 0.500. The maximum absolute atomic E-state index is 11.8. The number of rotatable bonds is 3. The van der Waals surface area contributed by atoms with E-state index in [1.54, 1.807) is 0 Å². The first-order valence-corrected chi connectivity index (χ1v) is 7.55. The third-order valence-corrected chi connectivity index (χ3v) is 4.86. The molecule has 0 saturated carbocycles. The first kappa shape index (κ1) is 13.7. The molecule has 22 heavy (non-hydrogen) atoms. The Morgan fingerprint density at radius 3 is 3.09 bits per heavy atom. The van der Waals surface area contributed by atoms with Gasteiger partial charge >= 0.3 is 5.97 Å². The predicted molar refractivity (Wildman–Crippen MR) is 78.3 cm³/mol. The van der Waals surface area contributed by atoms with Gasteiger partial charge in [0, 0.05) is 19.7 Å². The minimum atomic E-state index is -0.774. The van der Waals surface area contributed by atoms with Gasteiger partial charge in [0.25, 0.3) is 0 Å². The summed E-state index contributed by atoms with van der Waals surface area (Å²) in [5.41, 5.74) is 0.834. The van der Waals surface area contributed by atoms with Crippen LogP contribution in [0.4, 0.5) is 0 Å². The van der Waals surface area contributed by atoms with Gasteiger partial charge in [0.2, 0.25) is 5.89 Å². The quantitative estimate of drug-likeness (QED) is 0.931. The second-order valence-corrected chi connectivity index (χ2v) is 6.24. The fourth-order valence-corrected chi connectivity index (χ4v) is 3.69. The highest BCUT2D eigenvalue weighted by molar-refractivity contribution is 5.76. The molecule has 2 aromatic rings. The maximum Gasteiger partial charge on any atom is 0.313 e. The number of para-hydroxylation sites is 2. The van der Waals surface area contributed by atoms with Gasteiger partial charge in [-0.25, -0.2) is 4.98 Å². The van der Waals surface area contributed by atoms with Crippen molar-refractivity contribution in [2.75, 3.05) is 26.3 Å². The molecule has 6 nitrogen and oxygen atoms in total. The highest BCUT2D eigenvalue weighted by Crippen LogP contribution is 2.42. The van der Waals surface area contributed by atoms with Crippen LogP contribution in [-0.2, 0) is 16.1 Å². The van der Waals surface area contributed by atoms with Crippen LogP contribution in [0.2, 0.25) is 0 Å². The second-order valence-electron chi connectivity index (χ2n) is 6.24. The zero-order valence-electron chi connectivity index (χ0n) is 12.2. The summed E-state index contributed by atoms with van der Waals surface area (Å²) in [5.74, 6) is 0.0293. The van der Waals surface area contributed by atoms with Gasteiger partial charge < -0.3 is 14.3 Å². The van der Waals surface area contributed by atoms with Gasteiger partial charge in [-0.05, 0) is 24.5 Å². The van der Waals surface area contributed by atoms with E-state index >= 15 is 0 Å². The Bertz CT molecular complexity index is 680. The Morgan fingerprint density at radius 1 is 1.45 bits per heavy atom. The molecule has 0 bridgehead atoms. The van der Waals surface area contributed by atoms with E-state index in [1.165, 1.54) is 0 Å². The smallest absolute Gasteiger partial charge is 0.313 e. The molecule has 1 N–H and O–H groups in total. The van der Waals surface area contributed by atoms with Crippen LogP contribution in [0.3, 0.4) is 0 Å². The van der Waals surface area contributed by atoms with Crippen molar-refractivity contribution in [3.05, 3.63) is 30.2 Å². The van der Waals surface area contributed by atoms with Crippen molar-refractivity contribution in [1.29, 1.82) is 0 Å². The number of fused-ring (bicyclic) bond motifs is 2. The van der Waals surface area contributed by atoms with E-state index in [0.29, 0.717) is 32.2 Å². The molecule has 0 spiro atoms. The predicted octanol–water partition coefficient (Wildman–Crippen LogP) is 1.75. The zero-order valence-corrected chi connectivity index (χ0v) is 12.2. The van der Waals surface area contributed by atoms with Crippen LogP contribution in [0, 0.1) is 11.3 Å². The Balaban J connectivity index is 1.55. The lowest BCUT2D eigenvalue weighted by Crippen LogP contribution is -2.46. The van der Waals surface area contributed by atoms with Crippen molar-refractivity contribution < 1.29 is 19.1 Å². The number of carboxylic acids is 1. The standard InChI is InChI=1S/C16H18N2O4/c19-15(20)16-9-18(7-11(16)5-6-21-10-16)8-14-17-12-3-1-2-4-13(12)22-14/h1-4,11H,5-10H2,(H,19,20)/t11-,16+/m1/s1. The van der Waals surface area contributed by atoms with Gasteiger partial charge in [-0.15, -0.1) is 0 Å². The molecule has 6 heteroatoms. The molecule has 0 radical (unpaired) electrons. The molecule has 1 aromatic carbocycles. The van der Waals surface area contributed by atoms with Crippen LogP contribution >= 0.6 is 0 Å². The number of carboxylic acid groups (broad SMARTS) is 1. The van der Waals surface area contributed by atoms with E-state index in [4.69, 9.17) is 9.15 Å². The fourth-order valence-electron chi connectivity index (χ4n) is 3.69.